The molecule has 0 atom stereocenters. The van der Waals surface area contributed by atoms with E-state index < -0.39 is 3.96 Å². The number of hydrogen-bond acceptors (Lipinski definition) is 0. The van der Waals surface area contributed by atoms with Gasteiger partial charge in [0, 0.05) is 10.6 Å². The van der Waals surface area contributed by atoms with Crippen LogP contribution in [0.3, 0.4) is 0 Å². The third kappa shape index (κ3) is 2.37. The van der Waals surface area contributed by atoms with Crippen LogP contribution < -0.4 is 0 Å². The summed E-state index contributed by atoms with van der Waals surface area (Å²) in [4.78, 5) is 0. The molecule has 1 rings (SSSR count). The molecule has 0 aliphatic carbocycles. The summed E-state index contributed by atoms with van der Waals surface area (Å²) in [5.74, 6) is 0. The molecule has 1 aromatic carbocycles. The van der Waals surface area contributed by atoms with E-state index in [1.165, 1.54) is 0 Å². The maximum atomic E-state index is 5.91. The normalized spacial score (nSPS) is 11.9. The Morgan fingerprint density at radius 3 is 2.09 bits per heavy atom. The first-order valence-corrected chi connectivity index (χ1v) is 5.28. The number of benzene rings is 1. The minimum Gasteiger partial charge on any atom is -0.102 e. The highest BCUT2D eigenvalue weighted by atomic mass is 35.5. The largest absolute Gasteiger partial charge is 0.122 e. The molecule has 0 N–H and O–H groups in total. The molecule has 11 heavy (non-hydrogen) atoms. The molecule has 0 saturated heterocycles. The topological polar surface area (TPSA) is 0 Å². The standard InChI is InChI=1S/C7H7Cl3Si/c8-6-4-2-1-3-5(6)7(9,10)11/h1-4H,11H3. The predicted octanol–water partition coefficient (Wildman–Crippen LogP) is 2.29. The van der Waals surface area contributed by atoms with E-state index >= 15 is 0 Å². The van der Waals surface area contributed by atoms with E-state index in [1.807, 2.05) is 18.2 Å². The van der Waals surface area contributed by atoms with Gasteiger partial charge in [0.1, 0.15) is 3.96 Å². The molecule has 4 heteroatoms. The van der Waals surface area contributed by atoms with E-state index in [1.54, 1.807) is 6.07 Å². The van der Waals surface area contributed by atoms with Gasteiger partial charge in [0.2, 0.25) is 0 Å². The average molecular weight is 226 g/mol. The highest BCUT2D eigenvalue weighted by molar-refractivity contribution is 6.64. The van der Waals surface area contributed by atoms with Crippen LogP contribution in [-0.2, 0) is 3.96 Å². The van der Waals surface area contributed by atoms with Crippen molar-refractivity contribution in [2.75, 3.05) is 0 Å². The Bertz CT molecular complexity index is 254. The van der Waals surface area contributed by atoms with Gasteiger partial charge in [-0.2, -0.15) is 0 Å². The molecule has 0 unspecified atom stereocenters. The summed E-state index contributed by atoms with van der Waals surface area (Å²) in [5, 5.41) is 0.632. The zero-order valence-corrected chi connectivity index (χ0v) is 10.2. The number of rotatable bonds is 1. The van der Waals surface area contributed by atoms with Crippen LogP contribution in [0, 0.1) is 0 Å². The van der Waals surface area contributed by atoms with Crippen LogP contribution in [0.25, 0.3) is 0 Å². The predicted molar refractivity (Wildman–Crippen MR) is 54.8 cm³/mol. The zero-order valence-electron chi connectivity index (χ0n) is 5.94. The molecule has 0 bridgehead atoms. The molecule has 0 amide bonds. The van der Waals surface area contributed by atoms with Crippen molar-refractivity contribution in [1.82, 2.24) is 0 Å². The van der Waals surface area contributed by atoms with Crippen molar-refractivity contribution in [3.63, 3.8) is 0 Å². The van der Waals surface area contributed by atoms with Crippen LogP contribution in [0.5, 0.6) is 0 Å². The fourth-order valence-corrected chi connectivity index (χ4v) is 2.16. The van der Waals surface area contributed by atoms with E-state index in [4.69, 9.17) is 34.8 Å². The van der Waals surface area contributed by atoms with E-state index in [-0.39, 0.29) is 0 Å². The van der Waals surface area contributed by atoms with Crippen molar-refractivity contribution in [2.24, 2.45) is 0 Å². The van der Waals surface area contributed by atoms with Crippen molar-refractivity contribution < 1.29 is 0 Å². The molecule has 0 radical (unpaired) electrons. The molecule has 0 fully saturated rings. The van der Waals surface area contributed by atoms with Crippen molar-refractivity contribution >= 4 is 45.0 Å². The Hall–Kier alpha value is 0.307. The molecular formula is C7H7Cl3Si. The fraction of sp³-hybridized carbons (Fsp3) is 0.143. The van der Waals surface area contributed by atoms with Crippen molar-refractivity contribution in [3.8, 4) is 0 Å². The molecule has 0 aliphatic rings. The third-order valence-corrected chi connectivity index (χ3v) is 2.62. The summed E-state index contributed by atoms with van der Waals surface area (Å²) in [6, 6.07) is 7.36. The highest BCUT2D eigenvalue weighted by Crippen LogP contribution is 2.34. The first-order valence-electron chi connectivity index (χ1n) is 3.14. The lowest BCUT2D eigenvalue weighted by atomic mass is 10.2. The monoisotopic (exact) mass is 224 g/mol. The first kappa shape index (κ1) is 9.40. The van der Waals surface area contributed by atoms with Gasteiger partial charge in [-0.15, -0.1) is 23.2 Å². The lowest BCUT2D eigenvalue weighted by Crippen LogP contribution is -2.09. The number of halogens is 3. The molecule has 0 heterocycles. The Balaban J connectivity index is 3.14. The van der Waals surface area contributed by atoms with Gasteiger partial charge < -0.3 is 0 Å². The highest BCUT2D eigenvalue weighted by Gasteiger charge is 2.21. The molecule has 0 nitrogen and oxygen atoms in total. The number of alkyl halides is 2. The summed E-state index contributed by atoms with van der Waals surface area (Å²) in [7, 11) is 0.661. The quantitative estimate of drug-likeness (QED) is 0.508. The lowest BCUT2D eigenvalue weighted by Gasteiger charge is -2.14. The van der Waals surface area contributed by atoms with Gasteiger partial charge in [0.05, 0.1) is 10.2 Å². The summed E-state index contributed by atoms with van der Waals surface area (Å²) in [6.45, 7) is 0. The Morgan fingerprint density at radius 2 is 1.73 bits per heavy atom. The van der Waals surface area contributed by atoms with Crippen molar-refractivity contribution in [1.29, 1.82) is 0 Å². The van der Waals surface area contributed by atoms with E-state index in [9.17, 15) is 0 Å². The second-order valence-electron chi connectivity index (χ2n) is 2.37. The lowest BCUT2D eigenvalue weighted by molar-refractivity contribution is 1.24. The van der Waals surface area contributed by atoms with Gasteiger partial charge in [-0.25, -0.2) is 0 Å². The van der Waals surface area contributed by atoms with Crippen LogP contribution in [0.2, 0.25) is 5.02 Å². The molecule has 0 aliphatic heterocycles. The van der Waals surface area contributed by atoms with Gasteiger partial charge in [0.15, 0.2) is 0 Å². The summed E-state index contributed by atoms with van der Waals surface area (Å²) in [6.07, 6.45) is 0. The summed E-state index contributed by atoms with van der Waals surface area (Å²) in [5.41, 5.74) is 0.802. The Labute approximate surface area is 83.9 Å². The molecule has 0 saturated carbocycles. The summed E-state index contributed by atoms with van der Waals surface area (Å²) >= 11 is 17.7. The van der Waals surface area contributed by atoms with Crippen LogP contribution >= 0.6 is 34.8 Å². The van der Waals surface area contributed by atoms with Gasteiger partial charge >= 0.3 is 0 Å². The van der Waals surface area contributed by atoms with Crippen molar-refractivity contribution in [3.05, 3.63) is 34.9 Å². The van der Waals surface area contributed by atoms with Crippen LogP contribution in [-0.4, -0.2) is 10.2 Å². The maximum Gasteiger partial charge on any atom is 0.122 e. The summed E-state index contributed by atoms with van der Waals surface area (Å²) < 4.78 is -0.766. The van der Waals surface area contributed by atoms with E-state index in [0.717, 1.165) is 5.56 Å². The molecular weight excluding hydrogens is 219 g/mol. The Morgan fingerprint density at radius 1 is 1.18 bits per heavy atom. The van der Waals surface area contributed by atoms with Gasteiger partial charge in [-0.3, -0.25) is 0 Å². The molecule has 1 aromatic rings. The second kappa shape index (κ2) is 3.36. The minimum absolute atomic E-state index is 0.632. The fourth-order valence-electron chi connectivity index (χ4n) is 0.817. The van der Waals surface area contributed by atoms with Crippen LogP contribution in [0.4, 0.5) is 0 Å². The SMILES string of the molecule is [SiH3]C(Cl)(Cl)c1ccccc1Cl. The third-order valence-electron chi connectivity index (χ3n) is 1.35. The number of hydrogen-bond donors (Lipinski definition) is 0. The minimum atomic E-state index is -0.766. The zero-order chi connectivity index (χ0) is 8.48. The smallest absolute Gasteiger partial charge is 0.102 e. The second-order valence-corrected chi connectivity index (χ2v) is 7.25. The van der Waals surface area contributed by atoms with Gasteiger partial charge in [0.25, 0.3) is 0 Å². The van der Waals surface area contributed by atoms with E-state index in [0.29, 0.717) is 15.3 Å². The van der Waals surface area contributed by atoms with E-state index in [2.05, 4.69) is 0 Å². The van der Waals surface area contributed by atoms with Gasteiger partial charge in [-0.1, -0.05) is 29.8 Å². The molecule has 0 aromatic heterocycles. The molecule has 60 valence electrons. The first-order chi connectivity index (χ1) is 5.02. The van der Waals surface area contributed by atoms with Gasteiger partial charge in [-0.05, 0) is 6.07 Å². The average Bonchev–Trinajstić information content (AvgIpc) is 1.86. The maximum absolute atomic E-state index is 5.91. The Kier molecular flexibility index (Phi) is 2.87. The van der Waals surface area contributed by atoms with Crippen LogP contribution in [0.15, 0.2) is 24.3 Å². The van der Waals surface area contributed by atoms with Crippen molar-refractivity contribution in [2.45, 2.75) is 3.96 Å². The van der Waals surface area contributed by atoms with Crippen LogP contribution in [0.1, 0.15) is 5.56 Å². The molecule has 0 spiro atoms.